The quantitative estimate of drug-likeness (QED) is 0.741. The molecule has 0 aliphatic heterocycles. The Hall–Kier alpha value is -1.54. The van der Waals surface area contributed by atoms with Gasteiger partial charge in [-0.05, 0) is 6.42 Å². The molecular weight excluding hydrogens is 300 g/mol. The van der Waals surface area contributed by atoms with E-state index < -0.39 is 15.3 Å². The van der Waals surface area contributed by atoms with Gasteiger partial charge in [-0.3, -0.25) is 4.72 Å². The van der Waals surface area contributed by atoms with Crippen LogP contribution < -0.4 is 19.9 Å². The number of anilines is 1. The van der Waals surface area contributed by atoms with Crippen molar-refractivity contribution in [1.29, 1.82) is 0 Å². The van der Waals surface area contributed by atoms with E-state index in [-0.39, 0.29) is 4.99 Å². The first-order chi connectivity index (χ1) is 9.33. The van der Waals surface area contributed by atoms with Crippen LogP contribution in [0.2, 0.25) is 0 Å². The lowest BCUT2D eigenvalue weighted by Crippen LogP contribution is -2.37. The van der Waals surface area contributed by atoms with E-state index in [4.69, 9.17) is 27.4 Å². The van der Waals surface area contributed by atoms with Crippen LogP contribution in [0.5, 0.6) is 11.5 Å². The van der Waals surface area contributed by atoms with E-state index in [2.05, 4.69) is 4.72 Å². The molecule has 0 heterocycles. The summed E-state index contributed by atoms with van der Waals surface area (Å²) in [7, 11) is -0.736. The zero-order valence-corrected chi connectivity index (χ0v) is 13.2. The van der Waals surface area contributed by atoms with Crippen molar-refractivity contribution < 1.29 is 17.9 Å². The Balaban J connectivity index is 3.11. The van der Waals surface area contributed by atoms with Crippen molar-refractivity contribution in [3.63, 3.8) is 0 Å². The van der Waals surface area contributed by atoms with Gasteiger partial charge < -0.3 is 15.2 Å². The van der Waals surface area contributed by atoms with E-state index >= 15 is 0 Å². The van der Waals surface area contributed by atoms with Gasteiger partial charge in [0.1, 0.15) is 16.7 Å². The van der Waals surface area contributed by atoms with Gasteiger partial charge >= 0.3 is 0 Å². The molecule has 0 aliphatic carbocycles. The molecule has 1 atom stereocenters. The number of rotatable bonds is 7. The molecule has 20 heavy (non-hydrogen) atoms. The Kier molecular flexibility index (Phi) is 5.58. The highest BCUT2D eigenvalue weighted by atomic mass is 32.2. The Bertz CT molecular complexity index is 565. The van der Waals surface area contributed by atoms with Crippen LogP contribution in [-0.4, -0.2) is 32.9 Å². The van der Waals surface area contributed by atoms with Crippen LogP contribution in [0.15, 0.2) is 18.2 Å². The molecule has 1 aromatic rings. The number of hydrogen-bond donors (Lipinski definition) is 2. The maximum absolute atomic E-state index is 12.2. The zero-order valence-electron chi connectivity index (χ0n) is 11.5. The van der Waals surface area contributed by atoms with Crippen LogP contribution in [0.4, 0.5) is 5.69 Å². The molecule has 6 nitrogen and oxygen atoms in total. The third kappa shape index (κ3) is 3.97. The molecular formula is C12H18N2O4S2. The van der Waals surface area contributed by atoms with Crippen molar-refractivity contribution in [2.45, 2.75) is 18.6 Å². The summed E-state index contributed by atoms with van der Waals surface area (Å²) in [4.78, 5) is -0.0603. The number of sulfonamides is 1. The minimum absolute atomic E-state index is 0.0603. The first-order valence-electron chi connectivity index (χ1n) is 5.88. The molecule has 1 rings (SSSR count). The van der Waals surface area contributed by atoms with Gasteiger partial charge in [0, 0.05) is 18.2 Å². The topological polar surface area (TPSA) is 90.7 Å². The summed E-state index contributed by atoms with van der Waals surface area (Å²) in [6, 6.07) is 4.74. The van der Waals surface area contributed by atoms with Gasteiger partial charge in [-0.25, -0.2) is 8.42 Å². The van der Waals surface area contributed by atoms with Crippen LogP contribution in [0.3, 0.4) is 0 Å². The molecule has 1 aromatic carbocycles. The van der Waals surface area contributed by atoms with Crippen molar-refractivity contribution in [2.24, 2.45) is 5.73 Å². The molecule has 112 valence electrons. The SMILES string of the molecule is CCC(C(N)=S)S(=O)(=O)Nc1cc(OC)cc(OC)c1. The van der Waals surface area contributed by atoms with Gasteiger partial charge in [0.15, 0.2) is 0 Å². The second-order valence-electron chi connectivity index (χ2n) is 4.05. The number of benzene rings is 1. The summed E-state index contributed by atoms with van der Waals surface area (Å²) in [5, 5.41) is -0.922. The van der Waals surface area contributed by atoms with E-state index in [1.807, 2.05) is 0 Å². The molecule has 0 fully saturated rings. The van der Waals surface area contributed by atoms with Crippen molar-refractivity contribution in [3.05, 3.63) is 18.2 Å². The Labute approximate surface area is 124 Å². The van der Waals surface area contributed by atoms with E-state index in [9.17, 15) is 8.42 Å². The summed E-state index contributed by atoms with van der Waals surface area (Å²) in [5.41, 5.74) is 5.79. The van der Waals surface area contributed by atoms with Gasteiger partial charge in [-0.1, -0.05) is 19.1 Å². The van der Waals surface area contributed by atoms with E-state index in [0.717, 1.165) is 0 Å². The van der Waals surface area contributed by atoms with Crippen LogP contribution >= 0.6 is 12.2 Å². The molecule has 0 bridgehead atoms. The smallest absolute Gasteiger partial charge is 0.242 e. The Morgan fingerprint density at radius 1 is 1.30 bits per heavy atom. The number of ether oxygens (including phenoxy) is 2. The maximum atomic E-state index is 12.2. The number of nitrogens with two attached hydrogens (primary N) is 1. The third-order valence-corrected chi connectivity index (χ3v) is 4.96. The van der Waals surface area contributed by atoms with E-state index in [0.29, 0.717) is 23.6 Å². The highest BCUT2D eigenvalue weighted by Gasteiger charge is 2.26. The lowest BCUT2D eigenvalue weighted by molar-refractivity contribution is 0.395. The summed E-state index contributed by atoms with van der Waals surface area (Å²) >= 11 is 4.79. The number of methoxy groups -OCH3 is 2. The van der Waals surface area contributed by atoms with Gasteiger partial charge in [0.05, 0.1) is 24.9 Å². The molecule has 0 spiro atoms. The first-order valence-corrected chi connectivity index (χ1v) is 7.83. The van der Waals surface area contributed by atoms with Crippen LogP contribution in [0, 0.1) is 0 Å². The van der Waals surface area contributed by atoms with Crippen LogP contribution in [0.1, 0.15) is 13.3 Å². The van der Waals surface area contributed by atoms with Crippen molar-refractivity contribution >= 4 is 32.9 Å². The standard InChI is InChI=1S/C12H18N2O4S2/c1-4-11(12(13)19)20(15,16)14-8-5-9(17-2)7-10(6-8)18-3/h5-7,11,14H,4H2,1-3H3,(H2,13,19). The summed E-state index contributed by atoms with van der Waals surface area (Å²) in [6.07, 6.45) is 0.297. The fourth-order valence-electron chi connectivity index (χ4n) is 1.68. The summed E-state index contributed by atoms with van der Waals surface area (Å²) < 4.78 is 37.0. The monoisotopic (exact) mass is 318 g/mol. The number of thiocarbonyl (C=S) groups is 1. The third-order valence-electron chi connectivity index (χ3n) is 2.67. The second-order valence-corrected chi connectivity index (χ2v) is 6.38. The highest BCUT2D eigenvalue weighted by Crippen LogP contribution is 2.27. The van der Waals surface area contributed by atoms with Gasteiger partial charge in [0.25, 0.3) is 0 Å². The Morgan fingerprint density at radius 2 is 1.80 bits per heavy atom. The highest BCUT2D eigenvalue weighted by molar-refractivity contribution is 7.95. The van der Waals surface area contributed by atoms with Crippen LogP contribution in [0.25, 0.3) is 0 Å². The molecule has 0 aliphatic rings. The average molecular weight is 318 g/mol. The molecule has 0 radical (unpaired) electrons. The van der Waals surface area contributed by atoms with Gasteiger partial charge in [-0.15, -0.1) is 0 Å². The molecule has 1 unspecified atom stereocenters. The van der Waals surface area contributed by atoms with Crippen molar-refractivity contribution in [2.75, 3.05) is 18.9 Å². The first kappa shape index (κ1) is 16.5. The molecule has 8 heteroatoms. The van der Waals surface area contributed by atoms with Crippen molar-refractivity contribution in [3.8, 4) is 11.5 Å². The lowest BCUT2D eigenvalue weighted by Gasteiger charge is -2.17. The normalized spacial score (nSPS) is 12.6. The molecule has 3 N–H and O–H groups in total. The second kappa shape index (κ2) is 6.76. The number of hydrogen-bond acceptors (Lipinski definition) is 5. The predicted molar refractivity (Wildman–Crippen MR) is 83.0 cm³/mol. The average Bonchev–Trinajstić information content (AvgIpc) is 2.37. The van der Waals surface area contributed by atoms with Gasteiger partial charge in [-0.2, -0.15) is 0 Å². The predicted octanol–water partition coefficient (Wildman–Crippen LogP) is 1.51. The molecule has 0 aromatic heterocycles. The zero-order chi connectivity index (χ0) is 15.3. The minimum atomic E-state index is -3.70. The largest absolute Gasteiger partial charge is 0.497 e. The fourth-order valence-corrected chi connectivity index (χ4v) is 3.56. The lowest BCUT2D eigenvalue weighted by atomic mass is 10.3. The van der Waals surface area contributed by atoms with E-state index in [1.54, 1.807) is 25.1 Å². The fraction of sp³-hybridized carbons (Fsp3) is 0.417. The Morgan fingerprint density at radius 3 is 2.15 bits per heavy atom. The molecule has 0 amide bonds. The minimum Gasteiger partial charge on any atom is -0.497 e. The van der Waals surface area contributed by atoms with Crippen molar-refractivity contribution in [1.82, 2.24) is 0 Å². The molecule has 0 saturated carbocycles. The summed E-state index contributed by atoms with van der Waals surface area (Å²) in [6.45, 7) is 1.70. The van der Waals surface area contributed by atoms with Crippen LogP contribution in [-0.2, 0) is 10.0 Å². The van der Waals surface area contributed by atoms with Gasteiger partial charge in [0.2, 0.25) is 10.0 Å². The summed E-state index contributed by atoms with van der Waals surface area (Å²) in [5.74, 6) is 0.954. The van der Waals surface area contributed by atoms with E-state index in [1.165, 1.54) is 14.2 Å². The number of nitrogens with one attached hydrogen (secondary N) is 1. The molecule has 0 saturated heterocycles. The maximum Gasteiger partial charge on any atom is 0.242 e.